The summed E-state index contributed by atoms with van der Waals surface area (Å²) in [5, 5.41) is 21.1. The number of nitriles is 1. The van der Waals surface area contributed by atoms with E-state index in [0.717, 1.165) is 16.7 Å². The molecule has 8 heteroatoms. The van der Waals surface area contributed by atoms with Crippen LogP contribution in [0.1, 0.15) is 38.8 Å². The Hall–Kier alpha value is -4.38. The number of nitrogens with zero attached hydrogens (tertiary/aromatic N) is 2. The van der Waals surface area contributed by atoms with Crippen LogP contribution < -0.4 is 11.1 Å². The van der Waals surface area contributed by atoms with Crippen LogP contribution >= 0.6 is 0 Å². The predicted molar refractivity (Wildman–Crippen MR) is 132 cm³/mol. The van der Waals surface area contributed by atoms with E-state index < -0.39 is 41.7 Å². The molecule has 1 heterocycles. The van der Waals surface area contributed by atoms with Crippen molar-refractivity contribution in [2.24, 2.45) is 11.1 Å². The molecule has 2 aromatic carbocycles. The molecule has 0 bridgehead atoms. The molecule has 0 fully saturated rings. The maximum Gasteiger partial charge on any atom is 0.306 e. The van der Waals surface area contributed by atoms with E-state index in [9.17, 15) is 19.5 Å². The van der Waals surface area contributed by atoms with Crippen molar-refractivity contribution in [3.63, 3.8) is 0 Å². The van der Waals surface area contributed by atoms with Crippen molar-refractivity contribution in [3.8, 4) is 28.5 Å². The smallest absolute Gasteiger partial charge is 0.306 e. The lowest BCUT2D eigenvalue weighted by molar-refractivity contribution is -0.141. The number of rotatable bonds is 8. The molecule has 3 rings (SSSR count). The van der Waals surface area contributed by atoms with Gasteiger partial charge in [-0.15, -0.1) is 0 Å². The third-order valence-electron chi connectivity index (χ3n) is 5.75. The molecular weight excluding hydrogens is 444 g/mol. The number of hydrogen-bond acceptors (Lipinski definition) is 4. The first-order valence-electron chi connectivity index (χ1n) is 11.1. The van der Waals surface area contributed by atoms with Gasteiger partial charge in [0.25, 0.3) is 0 Å². The Morgan fingerprint density at radius 1 is 1.00 bits per heavy atom. The number of aromatic nitrogens is 1. The van der Waals surface area contributed by atoms with E-state index in [1.807, 2.05) is 36.4 Å². The maximum atomic E-state index is 13.2. The fraction of sp³-hybridized carbons (Fsp3) is 0.259. The number of primary amides is 1. The van der Waals surface area contributed by atoms with Crippen LogP contribution in [0.5, 0.6) is 0 Å². The lowest BCUT2D eigenvalue weighted by Crippen LogP contribution is -2.53. The van der Waals surface area contributed by atoms with Gasteiger partial charge in [0.15, 0.2) is 0 Å². The highest BCUT2D eigenvalue weighted by molar-refractivity contribution is 5.91. The third kappa shape index (κ3) is 5.95. The molecule has 2 amide bonds. The van der Waals surface area contributed by atoms with Crippen molar-refractivity contribution >= 4 is 17.8 Å². The van der Waals surface area contributed by atoms with Crippen LogP contribution in [0.25, 0.3) is 22.4 Å². The molecule has 1 aromatic heterocycles. The fourth-order valence-electron chi connectivity index (χ4n) is 3.92. The number of aliphatic carboxylic acids is 1. The molecule has 0 spiro atoms. The topological polar surface area (TPSA) is 138 Å². The maximum absolute atomic E-state index is 13.2. The van der Waals surface area contributed by atoms with Gasteiger partial charge in [0, 0.05) is 11.9 Å². The van der Waals surface area contributed by atoms with Gasteiger partial charge in [0.05, 0.1) is 18.1 Å². The average molecular weight is 473 g/mol. The summed E-state index contributed by atoms with van der Waals surface area (Å²) < 4.78 is 1.60. The molecule has 2 unspecified atom stereocenters. The van der Waals surface area contributed by atoms with Gasteiger partial charge in [-0.25, -0.2) is 0 Å². The Labute approximate surface area is 204 Å². The number of benzene rings is 2. The molecular formula is C27H28N4O4. The van der Waals surface area contributed by atoms with E-state index in [2.05, 4.69) is 11.4 Å². The molecule has 180 valence electrons. The molecule has 4 N–H and O–H groups in total. The van der Waals surface area contributed by atoms with Crippen LogP contribution in [-0.4, -0.2) is 33.5 Å². The number of amides is 2. The van der Waals surface area contributed by atoms with E-state index >= 15 is 0 Å². The highest BCUT2D eigenvalue weighted by atomic mass is 16.4. The van der Waals surface area contributed by atoms with Crippen LogP contribution in [0.15, 0.2) is 66.9 Å². The van der Waals surface area contributed by atoms with Crippen molar-refractivity contribution in [3.05, 3.63) is 72.4 Å². The van der Waals surface area contributed by atoms with Crippen LogP contribution in [0.3, 0.4) is 0 Å². The summed E-state index contributed by atoms with van der Waals surface area (Å²) in [6.07, 6.45) is 1.18. The molecule has 2 atom stereocenters. The number of nitrogens with one attached hydrogen (secondary N) is 1. The van der Waals surface area contributed by atoms with Crippen LogP contribution in [-0.2, 0) is 14.4 Å². The quantitative estimate of drug-likeness (QED) is 0.459. The largest absolute Gasteiger partial charge is 0.481 e. The Balaban J connectivity index is 1.92. The molecule has 0 aliphatic heterocycles. The van der Waals surface area contributed by atoms with E-state index in [1.165, 1.54) is 0 Å². The number of carboxylic acids is 1. The fourth-order valence-corrected chi connectivity index (χ4v) is 3.92. The Kier molecular flexibility index (Phi) is 7.40. The van der Waals surface area contributed by atoms with Gasteiger partial charge in [0.2, 0.25) is 11.8 Å². The highest BCUT2D eigenvalue weighted by Crippen LogP contribution is 2.29. The summed E-state index contributed by atoms with van der Waals surface area (Å²) in [5.74, 6) is -2.43. The van der Waals surface area contributed by atoms with E-state index in [0.29, 0.717) is 11.3 Å². The number of nitrogens with two attached hydrogens (primary N) is 1. The molecule has 0 saturated heterocycles. The first-order chi connectivity index (χ1) is 16.5. The molecule has 3 aromatic rings. The predicted octanol–water partition coefficient (Wildman–Crippen LogP) is 3.73. The lowest BCUT2D eigenvalue weighted by Gasteiger charge is -2.30. The van der Waals surface area contributed by atoms with Crippen LogP contribution in [0, 0.1) is 16.7 Å². The second-order valence-electron chi connectivity index (χ2n) is 9.39. The van der Waals surface area contributed by atoms with Crippen molar-refractivity contribution < 1.29 is 19.5 Å². The zero-order valence-electron chi connectivity index (χ0n) is 19.9. The van der Waals surface area contributed by atoms with Crippen molar-refractivity contribution in [2.45, 2.75) is 39.3 Å². The second kappa shape index (κ2) is 10.3. The highest BCUT2D eigenvalue weighted by Gasteiger charge is 2.34. The number of hydrogen-bond donors (Lipinski definition) is 3. The molecule has 8 nitrogen and oxygen atoms in total. The van der Waals surface area contributed by atoms with Gasteiger partial charge >= 0.3 is 5.97 Å². The van der Waals surface area contributed by atoms with Gasteiger partial charge in [-0.05, 0) is 46.4 Å². The summed E-state index contributed by atoms with van der Waals surface area (Å²) >= 11 is 0. The normalized spacial score (nSPS) is 12.9. The summed E-state index contributed by atoms with van der Waals surface area (Å²) in [6, 6.07) is 18.4. The first-order valence-corrected chi connectivity index (χ1v) is 11.1. The van der Waals surface area contributed by atoms with E-state index in [4.69, 9.17) is 11.0 Å². The van der Waals surface area contributed by atoms with Crippen molar-refractivity contribution in [1.29, 1.82) is 5.26 Å². The van der Waals surface area contributed by atoms with Gasteiger partial charge in [-0.1, -0.05) is 57.2 Å². The Morgan fingerprint density at radius 3 is 2.03 bits per heavy atom. The molecule has 0 aliphatic carbocycles. The zero-order chi connectivity index (χ0) is 25.8. The Morgan fingerprint density at radius 2 is 1.54 bits per heavy atom. The van der Waals surface area contributed by atoms with Gasteiger partial charge in [-0.3, -0.25) is 14.4 Å². The summed E-state index contributed by atoms with van der Waals surface area (Å²) in [4.78, 5) is 36.8. The standard InChI is InChI=1S/C27H28N4O4/c1-27(2,3)24(25(29)34)30-26(35)22(15-23(32)33)31-14-4-5-21(31)20-12-10-19(11-13-20)18-8-6-17(16-28)7-9-18/h4-14,22,24H,15H2,1-3H3,(H2,29,34)(H,30,35)(H,32,33). The van der Waals surface area contributed by atoms with Crippen molar-refractivity contribution in [2.75, 3.05) is 0 Å². The van der Waals surface area contributed by atoms with Crippen LogP contribution in [0.2, 0.25) is 0 Å². The number of carboxylic acid groups (broad SMARTS) is 1. The van der Waals surface area contributed by atoms with Crippen molar-refractivity contribution in [1.82, 2.24) is 9.88 Å². The summed E-state index contributed by atoms with van der Waals surface area (Å²) in [7, 11) is 0. The number of carbonyl (C=O) groups excluding carboxylic acids is 2. The number of carbonyl (C=O) groups is 3. The minimum atomic E-state index is -1.15. The van der Waals surface area contributed by atoms with Gasteiger partial charge < -0.3 is 20.7 Å². The zero-order valence-corrected chi connectivity index (χ0v) is 19.9. The minimum Gasteiger partial charge on any atom is -0.481 e. The lowest BCUT2D eigenvalue weighted by atomic mass is 9.86. The molecule has 35 heavy (non-hydrogen) atoms. The van der Waals surface area contributed by atoms with Gasteiger partial charge in [-0.2, -0.15) is 5.26 Å². The molecule has 0 aliphatic rings. The average Bonchev–Trinajstić information content (AvgIpc) is 3.29. The van der Waals surface area contributed by atoms with E-state index in [-0.39, 0.29) is 0 Å². The summed E-state index contributed by atoms with van der Waals surface area (Å²) in [5.41, 5.74) is 8.78. The summed E-state index contributed by atoms with van der Waals surface area (Å²) in [6.45, 7) is 5.31. The monoisotopic (exact) mass is 472 g/mol. The second-order valence-corrected chi connectivity index (χ2v) is 9.39. The Bertz CT molecular complexity index is 1260. The SMILES string of the molecule is CC(C)(C)C(NC(=O)C(CC(=O)O)n1cccc1-c1ccc(-c2ccc(C#N)cc2)cc1)C(N)=O. The molecule has 0 radical (unpaired) electrons. The minimum absolute atomic E-state index is 0.466. The van der Waals surface area contributed by atoms with Crippen LogP contribution in [0.4, 0.5) is 0 Å². The van der Waals surface area contributed by atoms with Gasteiger partial charge in [0.1, 0.15) is 12.1 Å². The first kappa shape index (κ1) is 25.2. The van der Waals surface area contributed by atoms with E-state index in [1.54, 1.807) is 55.8 Å². The third-order valence-corrected chi connectivity index (χ3v) is 5.75. The molecule has 0 saturated carbocycles.